The number of hydrogen-bond acceptors (Lipinski definition) is 3. The summed E-state index contributed by atoms with van der Waals surface area (Å²) in [6.45, 7) is 4.72. The summed E-state index contributed by atoms with van der Waals surface area (Å²) in [7, 11) is 1.69. The van der Waals surface area contributed by atoms with Gasteiger partial charge in [0.05, 0.1) is 18.3 Å². The first-order valence-electron chi connectivity index (χ1n) is 5.94. The van der Waals surface area contributed by atoms with Gasteiger partial charge >= 0.3 is 0 Å². The van der Waals surface area contributed by atoms with E-state index in [1.165, 1.54) is 5.56 Å². The van der Waals surface area contributed by atoms with Crippen LogP contribution in [-0.2, 0) is 9.57 Å². The number of ether oxygens (including phenoxy) is 1. The van der Waals surface area contributed by atoms with E-state index in [0.717, 1.165) is 5.69 Å². The summed E-state index contributed by atoms with van der Waals surface area (Å²) >= 11 is 0. The minimum absolute atomic E-state index is 0.0435. The smallest absolute Gasteiger partial charge is 0.106 e. The molecule has 0 N–H and O–H groups in total. The second-order valence-electron chi connectivity index (χ2n) is 4.36. The van der Waals surface area contributed by atoms with Crippen molar-refractivity contribution in [3.63, 3.8) is 0 Å². The van der Waals surface area contributed by atoms with Crippen LogP contribution < -0.4 is 5.06 Å². The van der Waals surface area contributed by atoms with E-state index in [-0.39, 0.29) is 12.1 Å². The van der Waals surface area contributed by atoms with E-state index in [0.29, 0.717) is 6.61 Å². The molecule has 0 amide bonds. The first-order chi connectivity index (χ1) is 8.22. The van der Waals surface area contributed by atoms with Gasteiger partial charge in [0.15, 0.2) is 0 Å². The molecule has 0 bridgehead atoms. The van der Waals surface area contributed by atoms with Gasteiger partial charge in [-0.2, -0.15) is 0 Å². The Morgan fingerprint density at radius 3 is 2.88 bits per heavy atom. The Morgan fingerprint density at radius 1 is 1.35 bits per heavy atom. The third-order valence-corrected chi connectivity index (χ3v) is 2.79. The fourth-order valence-electron chi connectivity index (χ4n) is 1.98. The van der Waals surface area contributed by atoms with Gasteiger partial charge < -0.3 is 4.74 Å². The molecule has 17 heavy (non-hydrogen) atoms. The van der Waals surface area contributed by atoms with Crippen LogP contribution in [0.15, 0.2) is 30.3 Å². The van der Waals surface area contributed by atoms with E-state index < -0.39 is 0 Å². The van der Waals surface area contributed by atoms with Crippen LogP contribution in [0.5, 0.6) is 0 Å². The molecule has 3 nitrogen and oxygen atoms in total. The average molecular weight is 233 g/mol. The number of para-hydroxylation sites is 1. The van der Waals surface area contributed by atoms with Crippen LogP contribution >= 0.6 is 0 Å². The number of fused-ring (bicyclic) bond motifs is 1. The second-order valence-corrected chi connectivity index (χ2v) is 4.36. The summed E-state index contributed by atoms with van der Waals surface area (Å²) in [5.74, 6) is 0. The summed E-state index contributed by atoms with van der Waals surface area (Å²) in [4.78, 5) is 5.93. The Morgan fingerprint density at radius 2 is 2.12 bits per heavy atom. The third kappa shape index (κ3) is 2.68. The van der Waals surface area contributed by atoms with Gasteiger partial charge in [0.1, 0.15) is 6.10 Å². The number of nitrogens with zero attached hydrogens (tertiary/aromatic N) is 1. The van der Waals surface area contributed by atoms with Gasteiger partial charge in [-0.15, -0.1) is 0 Å². The van der Waals surface area contributed by atoms with Crippen molar-refractivity contribution in [2.24, 2.45) is 0 Å². The van der Waals surface area contributed by atoms with Gasteiger partial charge in [-0.1, -0.05) is 30.4 Å². The molecule has 1 unspecified atom stereocenters. The molecule has 0 saturated carbocycles. The zero-order chi connectivity index (χ0) is 12.3. The molecule has 1 aromatic carbocycles. The molecule has 1 aliphatic heterocycles. The van der Waals surface area contributed by atoms with E-state index in [9.17, 15) is 0 Å². The monoisotopic (exact) mass is 233 g/mol. The molecular weight excluding hydrogens is 214 g/mol. The maximum Gasteiger partial charge on any atom is 0.106 e. The Labute approximate surface area is 103 Å². The number of anilines is 1. The van der Waals surface area contributed by atoms with E-state index in [1.54, 1.807) is 7.11 Å². The third-order valence-electron chi connectivity index (χ3n) is 2.79. The highest BCUT2D eigenvalue weighted by molar-refractivity contribution is 5.70. The van der Waals surface area contributed by atoms with Crippen LogP contribution in [0.2, 0.25) is 0 Å². The van der Waals surface area contributed by atoms with Gasteiger partial charge in [-0.25, -0.2) is 5.06 Å². The number of hydrogen-bond donors (Lipinski definition) is 0. The molecule has 92 valence electrons. The molecule has 0 spiro atoms. The topological polar surface area (TPSA) is 21.7 Å². The molecule has 0 aromatic heterocycles. The Kier molecular flexibility index (Phi) is 3.82. The Bertz CT molecular complexity index is 403. The highest BCUT2D eigenvalue weighted by Gasteiger charge is 2.21. The van der Waals surface area contributed by atoms with Crippen molar-refractivity contribution < 1.29 is 9.57 Å². The molecule has 2 atom stereocenters. The quantitative estimate of drug-likeness (QED) is 0.798. The SMILES string of the molecule is COCC(C)ON1c2ccccc2C=C[C@H]1C. The largest absolute Gasteiger partial charge is 0.382 e. The predicted molar refractivity (Wildman–Crippen MR) is 69.8 cm³/mol. The highest BCUT2D eigenvalue weighted by atomic mass is 16.7. The normalized spacial score (nSPS) is 20.2. The van der Waals surface area contributed by atoms with Crippen molar-refractivity contribution >= 4 is 11.8 Å². The van der Waals surface area contributed by atoms with Crippen molar-refractivity contribution in [2.45, 2.75) is 26.0 Å². The minimum Gasteiger partial charge on any atom is -0.382 e. The summed E-state index contributed by atoms with van der Waals surface area (Å²) < 4.78 is 5.10. The van der Waals surface area contributed by atoms with Gasteiger partial charge in [0, 0.05) is 7.11 Å². The van der Waals surface area contributed by atoms with Crippen LogP contribution in [0.1, 0.15) is 19.4 Å². The minimum atomic E-state index is 0.0435. The zero-order valence-corrected chi connectivity index (χ0v) is 10.6. The zero-order valence-electron chi connectivity index (χ0n) is 10.6. The van der Waals surface area contributed by atoms with Crippen molar-refractivity contribution in [2.75, 3.05) is 18.8 Å². The Balaban J connectivity index is 2.18. The fourth-order valence-corrected chi connectivity index (χ4v) is 1.98. The van der Waals surface area contributed by atoms with Crippen molar-refractivity contribution in [1.29, 1.82) is 0 Å². The first-order valence-corrected chi connectivity index (χ1v) is 5.94. The lowest BCUT2D eigenvalue weighted by atomic mass is 10.1. The maximum atomic E-state index is 5.93. The molecule has 0 fully saturated rings. The molecule has 0 aliphatic carbocycles. The first kappa shape index (κ1) is 12.1. The molecule has 1 aliphatic rings. The fraction of sp³-hybridized carbons (Fsp3) is 0.429. The number of methoxy groups -OCH3 is 1. The molecule has 1 heterocycles. The Hall–Kier alpha value is -1.32. The van der Waals surface area contributed by atoms with Gasteiger partial charge in [0.2, 0.25) is 0 Å². The van der Waals surface area contributed by atoms with Crippen molar-refractivity contribution in [3.05, 3.63) is 35.9 Å². The molecule has 0 saturated heterocycles. The lowest BCUT2D eigenvalue weighted by molar-refractivity contribution is -0.0108. The van der Waals surface area contributed by atoms with Crippen LogP contribution in [0.3, 0.4) is 0 Å². The summed E-state index contributed by atoms with van der Waals surface area (Å²) in [6.07, 6.45) is 4.32. The number of rotatable bonds is 4. The molecule has 1 aromatic rings. The van der Waals surface area contributed by atoms with Gasteiger partial charge in [-0.05, 0) is 25.5 Å². The molecule has 2 rings (SSSR count). The van der Waals surface area contributed by atoms with E-state index in [2.05, 4.69) is 31.2 Å². The van der Waals surface area contributed by atoms with Gasteiger partial charge in [0.25, 0.3) is 0 Å². The van der Waals surface area contributed by atoms with E-state index in [4.69, 9.17) is 9.57 Å². The summed E-state index contributed by atoms with van der Waals surface area (Å²) in [5, 5.41) is 1.96. The van der Waals surface area contributed by atoms with Crippen LogP contribution in [-0.4, -0.2) is 25.9 Å². The van der Waals surface area contributed by atoms with Crippen molar-refractivity contribution in [3.8, 4) is 0 Å². The average Bonchev–Trinajstić information content (AvgIpc) is 2.33. The van der Waals surface area contributed by atoms with Crippen molar-refractivity contribution in [1.82, 2.24) is 0 Å². The van der Waals surface area contributed by atoms with E-state index in [1.807, 2.05) is 24.1 Å². The van der Waals surface area contributed by atoms with E-state index >= 15 is 0 Å². The second kappa shape index (κ2) is 5.34. The van der Waals surface area contributed by atoms with Crippen LogP contribution in [0, 0.1) is 0 Å². The summed E-state index contributed by atoms with van der Waals surface area (Å²) in [6, 6.07) is 8.48. The molecule has 0 radical (unpaired) electrons. The molecule has 3 heteroatoms. The maximum absolute atomic E-state index is 5.93. The van der Waals surface area contributed by atoms with Gasteiger partial charge in [-0.3, -0.25) is 4.84 Å². The summed E-state index contributed by atoms with van der Waals surface area (Å²) in [5.41, 5.74) is 2.31. The predicted octanol–water partition coefficient (Wildman–Crippen LogP) is 2.87. The lowest BCUT2D eigenvalue weighted by Crippen LogP contribution is -2.38. The van der Waals surface area contributed by atoms with Crippen LogP contribution in [0.25, 0.3) is 6.08 Å². The molecular formula is C14H19NO2. The highest BCUT2D eigenvalue weighted by Crippen LogP contribution is 2.29. The standard InChI is InChI=1S/C14H19NO2/c1-11-8-9-13-6-4-5-7-14(13)15(11)17-12(2)10-16-3/h4-9,11-12H,10H2,1-3H3/t11-,12?/m1/s1. The van der Waals surface area contributed by atoms with Crippen LogP contribution in [0.4, 0.5) is 5.69 Å². The lowest BCUT2D eigenvalue weighted by Gasteiger charge is -2.34. The number of benzene rings is 1. The number of hydroxylamine groups is 1.